The van der Waals surface area contributed by atoms with Gasteiger partial charge < -0.3 is 9.88 Å². The second-order valence-electron chi connectivity index (χ2n) is 5.41. The minimum atomic E-state index is -0.188. The molecule has 1 aromatic heterocycles. The summed E-state index contributed by atoms with van der Waals surface area (Å²) in [4.78, 5) is 4.37. The van der Waals surface area contributed by atoms with Gasteiger partial charge in [0.25, 0.3) is 0 Å². The second-order valence-corrected chi connectivity index (χ2v) is 5.41. The van der Waals surface area contributed by atoms with Crippen LogP contribution in [0.25, 0.3) is 0 Å². The van der Waals surface area contributed by atoms with E-state index in [1.54, 1.807) is 0 Å². The van der Waals surface area contributed by atoms with Gasteiger partial charge in [0.2, 0.25) is 0 Å². The van der Waals surface area contributed by atoms with Crippen LogP contribution in [0, 0.1) is 16.7 Å². The molecule has 1 aromatic rings. The Balaban J connectivity index is 2.24. The lowest BCUT2D eigenvalue weighted by molar-refractivity contribution is 0.417. The summed E-state index contributed by atoms with van der Waals surface area (Å²) in [5.74, 6) is 0. The van der Waals surface area contributed by atoms with Crippen LogP contribution in [0.1, 0.15) is 38.8 Å². The van der Waals surface area contributed by atoms with Gasteiger partial charge in [0.15, 0.2) is 0 Å². The standard InChI is InChI=1S/C14H24N4/c1-14(2,11-15)7-4-5-9-18-10-13(17-12-18)6-8-16-3/h10,12,16H,4-9H2,1-3H3. The Kier molecular flexibility index (Phi) is 5.87. The Morgan fingerprint density at radius 1 is 1.44 bits per heavy atom. The maximum Gasteiger partial charge on any atom is 0.0949 e. The largest absolute Gasteiger partial charge is 0.337 e. The quantitative estimate of drug-likeness (QED) is 0.719. The molecule has 0 saturated carbocycles. The first-order valence-corrected chi connectivity index (χ1v) is 6.64. The predicted octanol–water partition coefficient (Wildman–Crippen LogP) is 2.37. The minimum Gasteiger partial charge on any atom is -0.337 e. The lowest BCUT2D eigenvalue weighted by Gasteiger charge is -2.14. The van der Waals surface area contributed by atoms with E-state index in [-0.39, 0.29) is 5.41 Å². The molecule has 0 aliphatic rings. The summed E-state index contributed by atoms with van der Waals surface area (Å²) in [6.45, 7) is 5.96. The normalized spacial score (nSPS) is 11.4. The highest BCUT2D eigenvalue weighted by atomic mass is 15.0. The zero-order valence-corrected chi connectivity index (χ0v) is 11.7. The number of likely N-dealkylation sites (N-methyl/N-ethyl adjacent to an activating group) is 1. The van der Waals surface area contributed by atoms with E-state index in [2.05, 4.69) is 27.1 Å². The van der Waals surface area contributed by atoms with Crippen LogP contribution in [0.5, 0.6) is 0 Å². The fraction of sp³-hybridized carbons (Fsp3) is 0.714. The number of hydrogen-bond acceptors (Lipinski definition) is 3. The number of nitriles is 1. The molecule has 1 N–H and O–H groups in total. The summed E-state index contributed by atoms with van der Waals surface area (Å²) in [7, 11) is 1.95. The molecule has 0 radical (unpaired) electrons. The van der Waals surface area contributed by atoms with E-state index >= 15 is 0 Å². The van der Waals surface area contributed by atoms with Gasteiger partial charge in [-0.3, -0.25) is 0 Å². The average Bonchev–Trinajstić information content (AvgIpc) is 2.80. The number of aromatic nitrogens is 2. The minimum absolute atomic E-state index is 0.188. The molecule has 1 heterocycles. The molecule has 4 heteroatoms. The molecular weight excluding hydrogens is 224 g/mol. The van der Waals surface area contributed by atoms with Crippen molar-refractivity contribution in [3.63, 3.8) is 0 Å². The molecule has 0 unspecified atom stereocenters. The Morgan fingerprint density at radius 2 is 2.22 bits per heavy atom. The van der Waals surface area contributed by atoms with Crippen molar-refractivity contribution in [3.8, 4) is 6.07 Å². The lowest BCUT2D eigenvalue weighted by Crippen LogP contribution is -2.10. The maximum atomic E-state index is 8.93. The topological polar surface area (TPSA) is 53.6 Å². The van der Waals surface area contributed by atoms with E-state index in [0.717, 1.165) is 44.5 Å². The molecule has 0 bridgehead atoms. The predicted molar refractivity (Wildman–Crippen MR) is 73.1 cm³/mol. The fourth-order valence-corrected chi connectivity index (χ4v) is 1.83. The average molecular weight is 248 g/mol. The first-order valence-electron chi connectivity index (χ1n) is 6.64. The van der Waals surface area contributed by atoms with Gasteiger partial charge in [0.05, 0.1) is 23.5 Å². The molecule has 0 aromatic carbocycles. The van der Waals surface area contributed by atoms with E-state index in [4.69, 9.17) is 5.26 Å². The molecule has 0 aliphatic heterocycles. The smallest absolute Gasteiger partial charge is 0.0949 e. The van der Waals surface area contributed by atoms with Crippen LogP contribution in [-0.4, -0.2) is 23.1 Å². The van der Waals surface area contributed by atoms with Gasteiger partial charge in [-0.25, -0.2) is 4.98 Å². The van der Waals surface area contributed by atoms with E-state index in [1.807, 2.05) is 27.2 Å². The summed E-state index contributed by atoms with van der Waals surface area (Å²) in [6.07, 6.45) is 8.15. The molecule has 0 spiro atoms. The van der Waals surface area contributed by atoms with Crippen LogP contribution in [0.3, 0.4) is 0 Å². The number of nitrogens with zero attached hydrogens (tertiary/aromatic N) is 3. The van der Waals surface area contributed by atoms with Crippen molar-refractivity contribution in [1.29, 1.82) is 5.26 Å². The Hall–Kier alpha value is -1.34. The third kappa shape index (κ3) is 5.33. The van der Waals surface area contributed by atoms with Crippen LogP contribution >= 0.6 is 0 Å². The molecule has 0 saturated heterocycles. The molecule has 0 amide bonds. The summed E-state index contributed by atoms with van der Waals surface area (Å²) in [5, 5.41) is 12.0. The zero-order valence-electron chi connectivity index (χ0n) is 11.7. The lowest BCUT2D eigenvalue weighted by atomic mass is 9.89. The fourth-order valence-electron chi connectivity index (χ4n) is 1.83. The van der Waals surface area contributed by atoms with Crippen molar-refractivity contribution in [2.45, 2.75) is 46.1 Å². The van der Waals surface area contributed by atoms with Gasteiger partial charge in [-0.2, -0.15) is 5.26 Å². The summed E-state index contributed by atoms with van der Waals surface area (Å²) in [5.41, 5.74) is 0.953. The number of unbranched alkanes of at least 4 members (excludes halogenated alkanes) is 1. The number of hydrogen-bond donors (Lipinski definition) is 1. The molecule has 0 atom stereocenters. The molecule has 1 rings (SSSR count). The summed E-state index contributed by atoms with van der Waals surface area (Å²) < 4.78 is 2.14. The second kappa shape index (κ2) is 7.17. The SMILES string of the molecule is CNCCc1cn(CCCCC(C)(C)C#N)cn1. The maximum absolute atomic E-state index is 8.93. The molecule has 0 aliphatic carbocycles. The highest BCUT2D eigenvalue weighted by Gasteiger charge is 2.15. The van der Waals surface area contributed by atoms with Crippen molar-refractivity contribution >= 4 is 0 Å². The molecule has 100 valence electrons. The van der Waals surface area contributed by atoms with Gasteiger partial charge in [0.1, 0.15) is 0 Å². The van der Waals surface area contributed by atoms with E-state index < -0.39 is 0 Å². The van der Waals surface area contributed by atoms with Gasteiger partial charge in [0, 0.05) is 25.7 Å². The van der Waals surface area contributed by atoms with Gasteiger partial charge in [-0.05, 0) is 33.7 Å². The summed E-state index contributed by atoms with van der Waals surface area (Å²) in [6, 6.07) is 2.34. The monoisotopic (exact) mass is 248 g/mol. The first kappa shape index (κ1) is 14.7. The highest BCUT2D eigenvalue weighted by molar-refractivity contribution is 4.97. The van der Waals surface area contributed by atoms with Crippen LogP contribution < -0.4 is 5.32 Å². The molecule has 18 heavy (non-hydrogen) atoms. The molecule has 4 nitrogen and oxygen atoms in total. The Bertz CT molecular complexity index is 387. The van der Waals surface area contributed by atoms with Crippen molar-refractivity contribution in [2.24, 2.45) is 5.41 Å². The Morgan fingerprint density at radius 3 is 2.89 bits per heavy atom. The highest BCUT2D eigenvalue weighted by Crippen LogP contribution is 2.21. The Labute approximate surface area is 110 Å². The number of nitrogens with one attached hydrogen (secondary N) is 1. The number of imidazole rings is 1. The number of aryl methyl sites for hydroxylation is 1. The van der Waals surface area contributed by atoms with Gasteiger partial charge in [-0.1, -0.05) is 6.42 Å². The third-order valence-electron chi connectivity index (χ3n) is 3.09. The molecular formula is C14H24N4. The van der Waals surface area contributed by atoms with Crippen LogP contribution in [0.4, 0.5) is 0 Å². The third-order valence-corrected chi connectivity index (χ3v) is 3.09. The number of rotatable bonds is 8. The van der Waals surface area contributed by atoms with Crippen molar-refractivity contribution in [1.82, 2.24) is 14.9 Å². The van der Waals surface area contributed by atoms with Crippen molar-refractivity contribution < 1.29 is 0 Å². The van der Waals surface area contributed by atoms with Gasteiger partial charge in [-0.15, -0.1) is 0 Å². The van der Waals surface area contributed by atoms with Crippen LogP contribution in [0.2, 0.25) is 0 Å². The van der Waals surface area contributed by atoms with E-state index in [0.29, 0.717) is 0 Å². The van der Waals surface area contributed by atoms with E-state index in [9.17, 15) is 0 Å². The van der Waals surface area contributed by atoms with Crippen molar-refractivity contribution in [3.05, 3.63) is 18.2 Å². The molecule has 0 fully saturated rings. The van der Waals surface area contributed by atoms with Gasteiger partial charge >= 0.3 is 0 Å². The van der Waals surface area contributed by atoms with Crippen molar-refractivity contribution in [2.75, 3.05) is 13.6 Å². The summed E-state index contributed by atoms with van der Waals surface area (Å²) >= 11 is 0. The zero-order chi connectivity index (χ0) is 13.4. The van der Waals surface area contributed by atoms with Crippen LogP contribution in [-0.2, 0) is 13.0 Å². The van der Waals surface area contributed by atoms with Crippen LogP contribution in [0.15, 0.2) is 12.5 Å². The first-order chi connectivity index (χ1) is 8.57. The van der Waals surface area contributed by atoms with E-state index in [1.165, 1.54) is 0 Å².